The lowest BCUT2D eigenvalue weighted by atomic mass is 10.0. The number of H-pyrrole nitrogens is 1. The van der Waals surface area contributed by atoms with Crippen LogP contribution in [-0.2, 0) is 0 Å². The molecule has 0 aliphatic heterocycles. The minimum Gasteiger partial charge on any atom is -0.358 e. The van der Waals surface area contributed by atoms with Crippen molar-refractivity contribution in [2.45, 2.75) is 6.92 Å². The second-order valence-corrected chi connectivity index (χ2v) is 7.49. The highest BCUT2D eigenvalue weighted by Crippen LogP contribution is 2.25. The SMILES string of the molecule is Cc1[nH]c2ccccc2c1/C=N/NC(=O)c1cc(-c2ccc(F)cc2)nc2ccccc12. The molecule has 5 rings (SSSR count). The van der Waals surface area contributed by atoms with Crippen LogP contribution in [0.4, 0.5) is 4.39 Å². The van der Waals surface area contributed by atoms with Gasteiger partial charge in [0.25, 0.3) is 5.91 Å². The number of nitrogens with zero attached hydrogens (tertiary/aromatic N) is 2. The number of pyridine rings is 1. The number of halogens is 1. The summed E-state index contributed by atoms with van der Waals surface area (Å²) in [5, 5.41) is 5.96. The third-order valence-corrected chi connectivity index (χ3v) is 5.40. The first-order chi connectivity index (χ1) is 15.6. The van der Waals surface area contributed by atoms with Gasteiger partial charge < -0.3 is 4.98 Å². The Balaban J connectivity index is 1.49. The third kappa shape index (κ3) is 3.63. The van der Waals surface area contributed by atoms with E-state index >= 15 is 0 Å². The molecule has 2 N–H and O–H groups in total. The number of aromatic amines is 1. The number of hydrogen-bond acceptors (Lipinski definition) is 3. The van der Waals surface area contributed by atoms with Crippen molar-refractivity contribution in [1.82, 2.24) is 15.4 Å². The molecule has 0 unspecified atom stereocenters. The second-order valence-electron chi connectivity index (χ2n) is 7.49. The van der Waals surface area contributed by atoms with Gasteiger partial charge in [0.05, 0.1) is 23.0 Å². The lowest BCUT2D eigenvalue weighted by Gasteiger charge is -2.09. The van der Waals surface area contributed by atoms with Crippen LogP contribution in [0.5, 0.6) is 0 Å². The van der Waals surface area contributed by atoms with Crippen LogP contribution in [0.15, 0.2) is 84.0 Å². The maximum atomic E-state index is 13.3. The molecule has 0 saturated carbocycles. The van der Waals surface area contributed by atoms with Gasteiger partial charge in [-0.05, 0) is 49.4 Å². The van der Waals surface area contributed by atoms with Gasteiger partial charge in [0.1, 0.15) is 5.82 Å². The lowest BCUT2D eigenvalue weighted by molar-refractivity contribution is 0.0956. The topological polar surface area (TPSA) is 70.1 Å². The first-order valence-corrected chi connectivity index (χ1v) is 10.2. The Labute approximate surface area is 183 Å². The van der Waals surface area contributed by atoms with Crippen LogP contribution in [0.25, 0.3) is 33.1 Å². The number of hydrazone groups is 1. The number of nitrogens with one attached hydrogen (secondary N) is 2. The molecule has 5 aromatic rings. The predicted octanol–water partition coefficient (Wildman–Crippen LogP) is 5.59. The Morgan fingerprint density at radius 2 is 1.72 bits per heavy atom. The van der Waals surface area contributed by atoms with Gasteiger partial charge in [-0.15, -0.1) is 0 Å². The number of amides is 1. The van der Waals surface area contributed by atoms with Gasteiger partial charge in [0, 0.05) is 33.1 Å². The van der Waals surface area contributed by atoms with Crippen LogP contribution in [0, 0.1) is 12.7 Å². The van der Waals surface area contributed by atoms with Crippen molar-refractivity contribution in [1.29, 1.82) is 0 Å². The summed E-state index contributed by atoms with van der Waals surface area (Å²) in [5.41, 5.74) is 7.98. The molecule has 32 heavy (non-hydrogen) atoms. The minimum atomic E-state index is -0.347. The molecule has 2 aromatic heterocycles. The summed E-state index contributed by atoms with van der Waals surface area (Å²) in [6.07, 6.45) is 1.65. The fourth-order valence-corrected chi connectivity index (χ4v) is 3.81. The van der Waals surface area contributed by atoms with Gasteiger partial charge in [0.15, 0.2) is 0 Å². The smallest absolute Gasteiger partial charge is 0.272 e. The van der Waals surface area contributed by atoms with Crippen LogP contribution in [0.2, 0.25) is 0 Å². The number of hydrogen-bond donors (Lipinski definition) is 2. The molecule has 0 radical (unpaired) electrons. The summed E-state index contributed by atoms with van der Waals surface area (Å²) < 4.78 is 13.3. The maximum Gasteiger partial charge on any atom is 0.272 e. The first-order valence-electron chi connectivity index (χ1n) is 10.2. The number of fused-ring (bicyclic) bond motifs is 2. The average molecular weight is 422 g/mol. The van der Waals surface area contributed by atoms with E-state index in [-0.39, 0.29) is 11.7 Å². The molecule has 6 heteroatoms. The van der Waals surface area contributed by atoms with E-state index in [4.69, 9.17) is 0 Å². The van der Waals surface area contributed by atoms with E-state index in [2.05, 4.69) is 20.5 Å². The summed E-state index contributed by atoms with van der Waals surface area (Å²) in [7, 11) is 0. The van der Waals surface area contributed by atoms with E-state index in [1.54, 1.807) is 24.4 Å². The number of para-hydroxylation sites is 2. The summed E-state index contributed by atoms with van der Waals surface area (Å²) >= 11 is 0. The molecule has 0 aliphatic carbocycles. The van der Waals surface area contributed by atoms with Gasteiger partial charge in [0.2, 0.25) is 0 Å². The molecule has 0 atom stereocenters. The largest absolute Gasteiger partial charge is 0.358 e. The third-order valence-electron chi connectivity index (χ3n) is 5.40. The van der Waals surface area contributed by atoms with Gasteiger partial charge in [-0.25, -0.2) is 14.8 Å². The zero-order valence-corrected chi connectivity index (χ0v) is 17.3. The molecule has 0 saturated heterocycles. The van der Waals surface area contributed by atoms with Crippen LogP contribution >= 0.6 is 0 Å². The molecule has 5 nitrogen and oxygen atoms in total. The number of aryl methyl sites for hydroxylation is 1. The van der Waals surface area contributed by atoms with E-state index in [1.807, 2.05) is 55.5 Å². The molecule has 2 heterocycles. The fourth-order valence-electron chi connectivity index (χ4n) is 3.81. The van der Waals surface area contributed by atoms with Gasteiger partial charge in [-0.2, -0.15) is 5.10 Å². The van der Waals surface area contributed by atoms with Gasteiger partial charge in [-0.1, -0.05) is 36.4 Å². The molecule has 1 amide bonds. The van der Waals surface area contributed by atoms with Crippen molar-refractivity contribution in [2.75, 3.05) is 0 Å². The highest BCUT2D eigenvalue weighted by molar-refractivity contribution is 6.08. The van der Waals surface area contributed by atoms with Crippen molar-refractivity contribution in [3.63, 3.8) is 0 Å². The highest BCUT2D eigenvalue weighted by Gasteiger charge is 2.14. The molecule has 3 aromatic carbocycles. The summed E-state index contributed by atoms with van der Waals surface area (Å²) in [6, 6.07) is 23.1. The Kier molecular flexibility index (Phi) is 4.95. The van der Waals surface area contributed by atoms with Crippen LogP contribution in [-0.4, -0.2) is 22.1 Å². The quantitative estimate of drug-likeness (QED) is 0.293. The Morgan fingerprint density at radius 3 is 2.53 bits per heavy atom. The fraction of sp³-hybridized carbons (Fsp3) is 0.0385. The summed E-state index contributed by atoms with van der Waals surface area (Å²) in [5.74, 6) is -0.671. The summed E-state index contributed by atoms with van der Waals surface area (Å²) in [4.78, 5) is 21.0. The monoisotopic (exact) mass is 422 g/mol. The lowest BCUT2D eigenvalue weighted by Crippen LogP contribution is -2.18. The number of rotatable bonds is 4. The van der Waals surface area contributed by atoms with Crippen molar-refractivity contribution in [2.24, 2.45) is 5.10 Å². The van der Waals surface area contributed by atoms with E-state index in [0.29, 0.717) is 22.2 Å². The number of aromatic nitrogens is 2. The van der Waals surface area contributed by atoms with E-state index < -0.39 is 0 Å². The molecule has 0 bridgehead atoms. The molecular formula is C26H19FN4O. The van der Waals surface area contributed by atoms with Crippen molar-refractivity contribution >= 4 is 33.9 Å². The summed E-state index contributed by atoms with van der Waals surface area (Å²) in [6.45, 7) is 1.97. The van der Waals surface area contributed by atoms with E-state index in [0.717, 1.165) is 27.7 Å². The first kappa shape index (κ1) is 19.6. The van der Waals surface area contributed by atoms with Crippen LogP contribution in [0.1, 0.15) is 21.6 Å². The molecular weight excluding hydrogens is 403 g/mol. The van der Waals surface area contributed by atoms with Gasteiger partial charge >= 0.3 is 0 Å². The zero-order valence-electron chi connectivity index (χ0n) is 17.3. The molecule has 0 spiro atoms. The zero-order chi connectivity index (χ0) is 22.1. The van der Waals surface area contributed by atoms with Crippen LogP contribution < -0.4 is 5.43 Å². The number of carbonyl (C=O) groups excluding carboxylic acids is 1. The van der Waals surface area contributed by atoms with E-state index in [9.17, 15) is 9.18 Å². The Hall–Kier alpha value is -4.32. The standard InChI is InChI=1S/C26H19FN4O/c1-16-22(20-7-3-4-8-23(20)29-16)15-28-31-26(32)21-14-25(17-10-12-18(27)13-11-17)30-24-9-5-2-6-19(21)24/h2-15,29H,1H3,(H,31,32)/b28-15+. The van der Waals surface area contributed by atoms with Crippen LogP contribution in [0.3, 0.4) is 0 Å². The van der Waals surface area contributed by atoms with Crippen molar-refractivity contribution < 1.29 is 9.18 Å². The molecule has 0 fully saturated rings. The molecule has 156 valence electrons. The van der Waals surface area contributed by atoms with Crippen molar-refractivity contribution in [3.05, 3.63) is 102 Å². The van der Waals surface area contributed by atoms with E-state index in [1.165, 1.54) is 12.1 Å². The highest BCUT2D eigenvalue weighted by atomic mass is 19.1. The van der Waals surface area contributed by atoms with Gasteiger partial charge in [-0.3, -0.25) is 4.79 Å². The maximum absolute atomic E-state index is 13.3. The average Bonchev–Trinajstić information content (AvgIpc) is 3.14. The molecule has 0 aliphatic rings. The predicted molar refractivity (Wildman–Crippen MR) is 125 cm³/mol. The second kappa shape index (κ2) is 8.07. The number of carbonyl (C=O) groups is 1. The minimum absolute atomic E-state index is 0.325. The van der Waals surface area contributed by atoms with Crippen molar-refractivity contribution in [3.8, 4) is 11.3 Å². The Morgan fingerprint density at radius 1 is 1.00 bits per heavy atom. The normalized spacial score (nSPS) is 11.4. The number of benzene rings is 3. The Bertz CT molecular complexity index is 1490.